The first kappa shape index (κ1) is 16.0. The molecule has 1 saturated heterocycles. The quantitative estimate of drug-likeness (QED) is 0.906. The van der Waals surface area contributed by atoms with Crippen LogP contribution in [0, 0.1) is 12.8 Å². The van der Waals surface area contributed by atoms with Gasteiger partial charge in [0.2, 0.25) is 15.9 Å². The SMILES string of the molecule is CNS(=O)(=O)C1CCN(C(=O)C2CC2c2ccc(C)s2)CC1. The standard InChI is InChI=1S/C15H22N2O3S2/c1-10-3-4-14(21-10)12-9-13(12)15(18)17-7-5-11(6-8-17)22(19,20)16-2/h3-4,11-13,16H,5-9H2,1-2H3. The Labute approximate surface area is 135 Å². The van der Waals surface area contributed by atoms with Gasteiger partial charge in [-0.2, -0.15) is 0 Å². The van der Waals surface area contributed by atoms with Gasteiger partial charge in [-0.1, -0.05) is 0 Å². The number of likely N-dealkylation sites (tertiary alicyclic amines) is 1. The van der Waals surface area contributed by atoms with Crippen LogP contribution in [0.15, 0.2) is 12.1 Å². The number of thiophene rings is 1. The summed E-state index contributed by atoms with van der Waals surface area (Å²) in [4.78, 5) is 17.0. The van der Waals surface area contributed by atoms with Crippen molar-refractivity contribution in [3.8, 4) is 0 Å². The highest BCUT2D eigenvalue weighted by atomic mass is 32.2. The van der Waals surface area contributed by atoms with Gasteiger partial charge in [0.15, 0.2) is 0 Å². The third-order valence-corrected chi connectivity index (χ3v) is 7.76. The second-order valence-corrected chi connectivity index (χ2v) is 9.66. The summed E-state index contributed by atoms with van der Waals surface area (Å²) >= 11 is 1.77. The second-order valence-electron chi connectivity index (χ2n) is 6.17. The molecule has 0 aromatic carbocycles. The molecule has 7 heteroatoms. The molecule has 2 fully saturated rings. The Balaban J connectivity index is 1.55. The molecule has 1 aromatic rings. The fraction of sp³-hybridized carbons (Fsp3) is 0.667. The molecule has 1 N–H and O–H groups in total. The number of carbonyl (C=O) groups is 1. The van der Waals surface area contributed by atoms with Gasteiger partial charge in [0.1, 0.15) is 0 Å². The maximum Gasteiger partial charge on any atom is 0.226 e. The van der Waals surface area contributed by atoms with Gasteiger partial charge in [0, 0.05) is 34.7 Å². The van der Waals surface area contributed by atoms with Crippen molar-refractivity contribution in [2.24, 2.45) is 5.92 Å². The van der Waals surface area contributed by atoms with Crippen molar-refractivity contribution in [1.29, 1.82) is 0 Å². The normalized spacial score (nSPS) is 26.2. The lowest BCUT2D eigenvalue weighted by Gasteiger charge is -2.31. The first-order valence-electron chi connectivity index (χ1n) is 7.70. The molecule has 22 heavy (non-hydrogen) atoms. The van der Waals surface area contributed by atoms with Crippen molar-refractivity contribution >= 4 is 27.3 Å². The molecule has 1 amide bonds. The summed E-state index contributed by atoms with van der Waals surface area (Å²) in [7, 11) is -1.76. The van der Waals surface area contributed by atoms with Crippen LogP contribution >= 0.6 is 11.3 Å². The van der Waals surface area contributed by atoms with E-state index in [1.165, 1.54) is 16.8 Å². The molecule has 1 aliphatic heterocycles. The highest BCUT2D eigenvalue weighted by Gasteiger charge is 2.47. The topological polar surface area (TPSA) is 66.5 Å². The number of nitrogens with one attached hydrogen (secondary N) is 1. The molecule has 1 aliphatic carbocycles. The Bertz CT molecular complexity index is 660. The van der Waals surface area contributed by atoms with Crippen LogP contribution in [0.2, 0.25) is 0 Å². The van der Waals surface area contributed by atoms with Gasteiger partial charge in [-0.05, 0) is 45.4 Å². The minimum absolute atomic E-state index is 0.107. The molecule has 0 bridgehead atoms. The molecule has 5 nitrogen and oxygen atoms in total. The van der Waals surface area contributed by atoms with Gasteiger partial charge in [0.25, 0.3) is 0 Å². The first-order valence-corrected chi connectivity index (χ1v) is 10.1. The van der Waals surface area contributed by atoms with Gasteiger partial charge in [0.05, 0.1) is 5.25 Å². The van der Waals surface area contributed by atoms with Crippen molar-refractivity contribution in [3.05, 3.63) is 21.9 Å². The van der Waals surface area contributed by atoms with Crippen molar-refractivity contribution in [3.63, 3.8) is 0 Å². The summed E-state index contributed by atoms with van der Waals surface area (Å²) in [5.74, 6) is 0.692. The zero-order chi connectivity index (χ0) is 15.9. The van der Waals surface area contributed by atoms with Crippen molar-refractivity contribution < 1.29 is 13.2 Å². The molecule has 2 heterocycles. The van der Waals surface area contributed by atoms with Crippen molar-refractivity contribution in [1.82, 2.24) is 9.62 Å². The summed E-state index contributed by atoms with van der Waals surface area (Å²) < 4.78 is 26.0. The average molecular weight is 342 g/mol. The number of rotatable bonds is 4. The van der Waals surface area contributed by atoms with Crippen LogP contribution in [0.25, 0.3) is 0 Å². The van der Waals surface area contributed by atoms with Crippen molar-refractivity contribution in [2.75, 3.05) is 20.1 Å². The third-order valence-electron chi connectivity index (χ3n) is 4.71. The van der Waals surface area contributed by atoms with E-state index in [0.29, 0.717) is 31.8 Å². The molecule has 0 radical (unpaired) electrons. The van der Waals surface area contributed by atoms with Crippen LogP contribution in [-0.2, 0) is 14.8 Å². The summed E-state index contributed by atoms with van der Waals surface area (Å²) in [6.07, 6.45) is 2.00. The predicted molar refractivity (Wildman–Crippen MR) is 87.5 cm³/mol. The summed E-state index contributed by atoms with van der Waals surface area (Å²) in [6, 6.07) is 4.23. The molecule has 0 spiro atoms. The molecule has 2 aliphatic rings. The van der Waals surface area contributed by atoms with Gasteiger partial charge in [-0.3, -0.25) is 4.79 Å². The van der Waals surface area contributed by atoms with E-state index in [4.69, 9.17) is 0 Å². The second kappa shape index (κ2) is 5.94. The summed E-state index contributed by atoms with van der Waals surface area (Å²) in [5, 5.41) is -0.364. The van der Waals surface area contributed by atoms with E-state index >= 15 is 0 Å². The Kier molecular flexibility index (Phi) is 4.31. The molecule has 3 rings (SSSR count). The third kappa shape index (κ3) is 3.07. The molecule has 122 valence electrons. The highest BCUT2D eigenvalue weighted by Crippen LogP contribution is 2.50. The number of hydrogen-bond donors (Lipinski definition) is 1. The lowest BCUT2D eigenvalue weighted by atomic mass is 10.1. The minimum Gasteiger partial charge on any atom is -0.342 e. The Morgan fingerprint density at radius 3 is 2.55 bits per heavy atom. The Morgan fingerprint density at radius 2 is 2.00 bits per heavy atom. The smallest absolute Gasteiger partial charge is 0.226 e. The van der Waals surface area contributed by atoms with Crippen LogP contribution < -0.4 is 4.72 Å². The molecular weight excluding hydrogens is 320 g/mol. The fourth-order valence-corrected chi connectivity index (χ4v) is 5.44. The molecular formula is C15H22N2O3S2. The van der Waals surface area contributed by atoms with Gasteiger partial charge < -0.3 is 4.90 Å². The van der Waals surface area contributed by atoms with Gasteiger partial charge in [-0.25, -0.2) is 13.1 Å². The molecule has 2 unspecified atom stereocenters. The zero-order valence-corrected chi connectivity index (χ0v) is 14.5. The molecule has 1 aromatic heterocycles. The number of carbonyl (C=O) groups excluding carboxylic acids is 1. The van der Waals surface area contributed by atoms with E-state index in [1.54, 1.807) is 11.3 Å². The van der Waals surface area contributed by atoms with E-state index in [-0.39, 0.29) is 17.1 Å². The zero-order valence-electron chi connectivity index (χ0n) is 12.9. The van der Waals surface area contributed by atoms with Crippen molar-refractivity contribution in [2.45, 2.75) is 37.4 Å². The van der Waals surface area contributed by atoms with E-state index < -0.39 is 10.0 Å². The number of sulfonamides is 1. The number of amides is 1. The maximum atomic E-state index is 12.5. The Hall–Kier alpha value is -0.920. The van der Waals surface area contributed by atoms with E-state index in [9.17, 15) is 13.2 Å². The van der Waals surface area contributed by atoms with E-state index in [0.717, 1.165) is 6.42 Å². The van der Waals surface area contributed by atoms with E-state index in [1.807, 2.05) is 4.90 Å². The summed E-state index contributed by atoms with van der Waals surface area (Å²) in [6.45, 7) is 3.19. The lowest BCUT2D eigenvalue weighted by molar-refractivity contribution is -0.133. The number of hydrogen-bond acceptors (Lipinski definition) is 4. The lowest BCUT2D eigenvalue weighted by Crippen LogP contribution is -2.45. The minimum atomic E-state index is -3.21. The highest BCUT2D eigenvalue weighted by molar-refractivity contribution is 7.90. The summed E-state index contributed by atoms with van der Waals surface area (Å²) in [5.41, 5.74) is 0. The predicted octanol–water partition coefficient (Wildman–Crippen LogP) is 1.70. The van der Waals surface area contributed by atoms with Crippen LogP contribution in [0.4, 0.5) is 0 Å². The van der Waals surface area contributed by atoms with Crippen LogP contribution in [0.3, 0.4) is 0 Å². The molecule has 2 atom stereocenters. The van der Waals surface area contributed by atoms with Gasteiger partial charge >= 0.3 is 0 Å². The van der Waals surface area contributed by atoms with Crippen LogP contribution in [0.5, 0.6) is 0 Å². The van der Waals surface area contributed by atoms with E-state index in [2.05, 4.69) is 23.8 Å². The fourth-order valence-electron chi connectivity index (χ4n) is 3.22. The number of aryl methyl sites for hydroxylation is 1. The molecule has 1 saturated carbocycles. The maximum absolute atomic E-state index is 12.5. The van der Waals surface area contributed by atoms with Gasteiger partial charge in [-0.15, -0.1) is 11.3 Å². The van der Waals surface area contributed by atoms with Crippen LogP contribution in [-0.4, -0.2) is 44.6 Å². The largest absolute Gasteiger partial charge is 0.342 e. The number of piperidine rings is 1. The monoisotopic (exact) mass is 342 g/mol. The Morgan fingerprint density at radius 1 is 1.32 bits per heavy atom. The average Bonchev–Trinajstić information content (AvgIpc) is 3.21. The first-order chi connectivity index (χ1) is 10.4. The number of nitrogens with zero attached hydrogens (tertiary/aromatic N) is 1. The van der Waals surface area contributed by atoms with Crippen LogP contribution in [0.1, 0.15) is 34.9 Å².